The Labute approximate surface area is 97.4 Å². The maximum absolute atomic E-state index is 11.3. The highest BCUT2D eigenvalue weighted by atomic mass is 35.5. The summed E-state index contributed by atoms with van der Waals surface area (Å²) in [4.78, 5) is 23.2. The second-order valence-corrected chi connectivity index (χ2v) is 4.16. The van der Waals surface area contributed by atoms with E-state index >= 15 is 0 Å². The van der Waals surface area contributed by atoms with Gasteiger partial charge in [0, 0.05) is 11.4 Å². The number of hydrogen-bond acceptors (Lipinski definition) is 2. The van der Waals surface area contributed by atoms with Crippen molar-refractivity contribution in [3.05, 3.63) is 34.9 Å². The van der Waals surface area contributed by atoms with Crippen LogP contribution >= 0.6 is 11.6 Å². The van der Waals surface area contributed by atoms with E-state index in [9.17, 15) is 9.59 Å². The molecule has 1 aromatic rings. The molecule has 1 N–H and O–H groups in total. The molecule has 0 radical (unpaired) electrons. The van der Waals surface area contributed by atoms with Crippen LogP contribution in [0.4, 0.5) is 4.79 Å². The summed E-state index contributed by atoms with van der Waals surface area (Å²) in [5, 5.41) is 9.42. The zero-order chi connectivity index (χ0) is 11.7. The van der Waals surface area contributed by atoms with Gasteiger partial charge in [-0.15, -0.1) is 0 Å². The molecule has 2 rings (SSSR count). The molecule has 1 unspecified atom stereocenters. The van der Waals surface area contributed by atoms with Gasteiger partial charge in [-0.25, -0.2) is 4.79 Å². The Balaban J connectivity index is 2.06. The third kappa shape index (κ3) is 2.02. The molecule has 4 nitrogen and oxygen atoms in total. The van der Waals surface area contributed by atoms with E-state index in [1.165, 1.54) is 0 Å². The molecule has 0 aliphatic carbocycles. The van der Waals surface area contributed by atoms with Crippen LogP contribution in [-0.4, -0.2) is 34.5 Å². The van der Waals surface area contributed by atoms with Gasteiger partial charge in [-0.3, -0.25) is 9.69 Å². The third-order valence-electron chi connectivity index (χ3n) is 2.66. The van der Waals surface area contributed by atoms with Gasteiger partial charge in [-0.05, 0) is 17.7 Å². The molecule has 84 valence electrons. The lowest BCUT2D eigenvalue weighted by molar-refractivity contribution is -0.133. The van der Waals surface area contributed by atoms with Crippen LogP contribution in [0.5, 0.6) is 0 Å². The molecule has 1 heterocycles. The number of ketones is 1. The summed E-state index contributed by atoms with van der Waals surface area (Å²) >= 11 is 5.73. The van der Waals surface area contributed by atoms with Crippen molar-refractivity contribution in [3.63, 3.8) is 0 Å². The van der Waals surface area contributed by atoms with Crippen molar-refractivity contribution in [2.45, 2.75) is 12.5 Å². The first-order valence-corrected chi connectivity index (χ1v) is 5.22. The van der Waals surface area contributed by atoms with Gasteiger partial charge < -0.3 is 5.11 Å². The predicted octanol–water partition coefficient (Wildman–Crippen LogP) is 1.81. The molecule has 1 aliphatic heterocycles. The Bertz CT molecular complexity index is 429. The van der Waals surface area contributed by atoms with Crippen LogP contribution < -0.4 is 0 Å². The Kier molecular flexibility index (Phi) is 2.83. The normalized spacial score (nSPS) is 19.4. The zero-order valence-electron chi connectivity index (χ0n) is 8.39. The van der Waals surface area contributed by atoms with E-state index in [2.05, 4.69) is 0 Å². The van der Waals surface area contributed by atoms with Crippen LogP contribution in [0.25, 0.3) is 0 Å². The smallest absolute Gasteiger partial charge is 0.408 e. The van der Waals surface area contributed by atoms with Crippen LogP contribution in [0.2, 0.25) is 5.02 Å². The minimum Gasteiger partial charge on any atom is -0.465 e. The second kappa shape index (κ2) is 4.14. The summed E-state index contributed by atoms with van der Waals surface area (Å²) in [5.41, 5.74) is 0.911. The molecule has 1 amide bonds. The van der Waals surface area contributed by atoms with Crippen molar-refractivity contribution in [2.75, 3.05) is 6.54 Å². The van der Waals surface area contributed by atoms with Crippen LogP contribution in [0.1, 0.15) is 5.56 Å². The molecule has 0 saturated carbocycles. The first-order chi connectivity index (χ1) is 7.58. The van der Waals surface area contributed by atoms with Crippen LogP contribution in [0.3, 0.4) is 0 Å². The Morgan fingerprint density at radius 1 is 1.44 bits per heavy atom. The monoisotopic (exact) mass is 239 g/mol. The fraction of sp³-hybridized carbons (Fsp3) is 0.273. The van der Waals surface area contributed by atoms with Gasteiger partial charge in [0.05, 0.1) is 6.54 Å². The van der Waals surface area contributed by atoms with Crippen molar-refractivity contribution < 1.29 is 14.7 Å². The van der Waals surface area contributed by atoms with E-state index in [0.29, 0.717) is 11.4 Å². The topological polar surface area (TPSA) is 57.6 Å². The molecule has 1 saturated heterocycles. The highest BCUT2D eigenvalue weighted by Crippen LogP contribution is 2.19. The highest BCUT2D eigenvalue weighted by Gasteiger charge is 2.40. The zero-order valence-corrected chi connectivity index (χ0v) is 9.15. The number of carboxylic acid groups (broad SMARTS) is 1. The standard InChI is InChI=1S/C11H10ClNO3/c12-8-3-1-7(2-4-8)5-9-10(14)6-13(9)11(15)16/h1-4,9H,5-6H2,(H,15,16). The number of halogens is 1. The molecule has 0 aromatic heterocycles. The molecule has 16 heavy (non-hydrogen) atoms. The number of carbonyl (C=O) groups excluding carboxylic acids is 1. The Hall–Kier alpha value is -1.55. The SMILES string of the molecule is O=C1CN(C(=O)O)C1Cc1ccc(Cl)cc1. The molecule has 0 bridgehead atoms. The highest BCUT2D eigenvalue weighted by molar-refractivity contribution is 6.30. The summed E-state index contributed by atoms with van der Waals surface area (Å²) in [6.45, 7) is 0.00753. The van der Waals surface area contributed by atoms with E-state index in [1.807, 2.05) is 0 Å². The van der Waals surface area contributed by atoms with Gasteiger partial charge in [0.1, 0.15) is 6.04 Å². The van der Waals surface area contributed by atoms with E-state index < -0.39 is 12.1 Å². The summed E-state index contributed by atoms with van der Waals surface area (Å²) in [6, 6.07) is 6.52. The number of rotatable bonds is 2. The van der Waals surface area contributed by atoms with E-state index in [1.54, 1.807) is 24.3 Å². The summed E-state index contributed by atoms with van der Waals surface area (Å²) < 4.78 is 0. The van der Waals surface area contributed by atoms with Gasteiger partial charge in [-0.2, -0.15) is 0 Å². The summed E-state index contributed by atoms with van der Waals surface area (Å²) in [5.74, 6) is -0.0302. The number of amides is 1. The van der Waals surface area contributed by atoms with Crippen LogP contribution in [0, 0.1) is 0 Å². The minimum atomic E-state index is -1.04. The number of benzene rings is 1. The first-order valence-electron chi connectivity index (χ1n) is 4.84. The molecule has 1 atom stereocenters. The van der Waals surface area contributed by atoms with Crippen molar-refractivity contribution in [1.82, 2.24) is 4.90 Å². The van der Waals surface area contributed by atoms with Crippen molar-refractivity contribution in [2.24, 2.45) is 0 Å². The molecule has 1 fully saturated rings. The number of carbonyl (C=O) groups is 2. The van der Waals surface area contributed by atoms with Crippen molar-refractivity contribution in [3.8, 4) is 0 Å². The average molecular weight is 240 g/mol. The van der Waals surface area contributed by atoms with Crippen molar-refractivity contribution >= 4 is 23.5 Å². The molecule has 1 aliphatic rings. The number of likely N-dealkylation sites (tertiary alicyclic amines) is 1. The lowest BCUT2D eigenvalue weighted by Gasteiger charge is -2.36. The number of Topliss-reactive ketones (excluding diaryl/α,β-unsaturated/α-hetero) is 1. The largest absolute Gasteiger partial charge is 0.465 e. The van der Waals surface area contributed by atoms with Crippen LogP contribution in [-0.2, 0) is 11.2 Å². The van der Waals surface area contributed by atoms with E-state index in [4.69, 9.17) is 16.7 Å². The van der Waals surface area contributed by atoms with Crippen LogP contribution in [0.15, 0.2) is 24.3 Å². The Morgan fingerprint density at radius 3 is 2.56 bits per heavy atom. The molecular formula is C11H10ClNO3. The fourth-order valence-electron chi connectivity index (χ4n) is 1.71. The average Bonchev–Trinajstić information content (AvgIpc) is 2.24. The molecule has 0 spiro atoms. The van der Waals surface area contributed by atoms with Gasteiger partial charge in [0.15, 0.2) is 5.78 Å². The number of hydrogen-bond donors (Lipinski definition) is 1. The maximum atomic E-state index is 11.3. The Morgan fingerprint density at radius 2 is 2.06 bits per heavy atom. The van der Waals surface area contributed by atoms with Gasteiger partial charge in [-0.1, -0.05) is 23.7 Å². The van der Waals surface area contributed by atoms with E-state index in [-0.39, 0.29) is 12.3 Å². The molecule has 5 heteroatoms. The van der Waals surface area contributed by atoms with Gasteiger partial charge in [0.2, 0.25) is 0 Å². The van der Waals surface area contributed by atoms with Gasteiger partial charge >= 0.3 is 6.09 Å². The summed E-state index contributed by atoms with van der Waals surface area (Å²) in [7, 11) is 0. The van der Waals surface area contributed by atoms with Crippen molar-refractivity contribution in [1.29, 1.82) is 0 Å². The number of nitrogens with zero attached hydrogens (tertiary/aromatic N) is 1. The maximum Gasteiger partial charge on any atom is 0.408 e. The van der Waals surface area contributed by atoms with E-state index in [0.717, 1.165) is 10.5 Å². The fourth-order valence-corrected chi connectivity index (χ4v) is 1.84. The molecule has 1 aromatic carbocycles. The summed E-state index contributed by atoms with van der Waals surface area (Å²) in [6.07, 6.45) is -0.624. The molecular weight excluding hydrogens is 230 g/mol. The minimum absolute atomic E-state index is 0.00753. The lowest BCUT2D eigenvalue weighted by Crippen LogP contribution is -2.59. The lowest BCUT2D eigenvalue weighted by atomic mass is 9.94. The predicted molar refractivity (Wildman–Crippen MR) is 58.7 cm³/mol. The quantitative estimate of drug-likeness (QED) is 0.856. The van der Waals surface area contributed by atoms with Gasteiger partial charge in [0.25, 0.3) is 0 Å². The second-order valence-electron chi connectivity index (χ2n) is 3.72. The third-order valence-corrected chi connectivity index (χ3v) is 2.91. The first kappa shape index (κ1) is 11.0.